The van der Waals surface area contributed by atoms with Crippen LogP contribution >= 0.6 is 0 Å². The number of amides is 1. The van der Waals surface area contributed by atoms with Crippen LogP contribution in [0.4, 0.5) is 0 Å². The highest BCUT2D eigenvalue weighted by molar-refractivity contribution is 5.94. The smallest absolute Gasteiger partial charge is 0.305 e. The minimum Gasteiger partial charge on any atom is -0.481 e. The topological polar surface area (TPSA) is 75.6 Å². The van der Waals surface area contributed by atoms with Crippen LogP contribution in [0.3, 0.4) is 0 Å². The standard InChI is InChI=1S/C22H27NO4/c1-22(2,3)18-10-8-16(9-11-18)19(13-20(24)25)23-21(26)17-7-5-6-15(12-17)14-27-4/h5-12,19H,13-14H2,1-4H3,(H,23,26)(H,24,25). The Morgan fingerprint density at radius 3 is 2.33 bits per heavy atom. The van der Waals surface area contributed by atoms with Crippen molar-refractivity contribution in [3.8, 4) is 0 Å². The van der Waals surface area contributed by atoms with Crippen molar-refractivity contribution in [3.63, 3.8) is 0 Å². The second kappa shape index (κ2) is 8.82. The molecule has 5 nitrogen and oxygen atoms in total. The molecule has 0 bridgehead atoms. The van der Waals surface area contributed by atoms with E-state index in [4.69, 9.17) is 4.74 Å². The monoisotopic (exact) mass is 369 g/mol. The van der Waals surface area contributed by atoms with Gasteiger partial charge in [-0.25, -0.2) is 0 Å². The molecule has 0 aromatic heterocycles. The van der Waals surface area contributed by atoms with Crippen LogP contribution in [0.15, 0.2) is 48.5 Å². The van der Waals surface area contributed by atoms with Gasteiger partial charge in [0.2, 0.25) is 0 Å². The number of carbonyl (C=O) groups excluding carboxylic acids is 1. The lowest BCUT2D eigenvalue weighted by Gasteiger charge is -2.22. The third-order valence-corrected chi connectivity index (χ3v) is 4.36. The van der Waals surface area contributed by atoms with Gasteiger partial charge in [0, 0.05) is 12.7 Å². The second-order valence-electron chi connectivity index (χ2n) is 7.63. The van der Waals surface area contributed by atoms with Crippen LogP contribution in [0.5, 0.6) is 0 Å². The molecular formula is C22H27NO4. The van der Waals surface area contributed by atoms with Gasteiger partial charge in [0.15, 0.2) is 0 Å². The van der Waals surface area contributed by atoms with Crippen LogP contribution < -0.4 is 5.32 Å². The summed E-state index contributed by atoms with van der Waals surface area (Å²) < 4.78 is 5.09. The molecule has 144 valence electrons. The van der Waals surface area contributed by atoms with Gasteiger partial charge in [-0.2, -0.15) is 0 Å². The summed E-state index contributed by atoms with van der Waals surface area (Å²) in [6.07, 6.45) is -0.182. The summed E-state index contributed by atoms with van der Waals surface area (Å²) in [6, 6.07) is 14.2. The van der Waals surface area contributed by atoms with Gasteiger partial charge < -0.3 is 15.2 Å². The maximum Gasteiger partial charge on any atom is 0.305 e. The first-order chi connectivity index (χ1) is 12.7. The minimum atomic E-state index is -0.965. The molecule has 0 spiro atoms. The number of hydrogen-bond acceptors (Lipinski definition) is 3. The number of methoxy groups -OCH3 is 1. The van der Waals surface area contributed by atoms with E-state index in [0.29, 0.717) is 12.2 Å². The molecule has 1 unspecified atom stereocenters. The maximum absolute atomic E-state index is 12.6. The van der Waals surface area contributed by atoms with Crippen molar-refractivity contribution >= 4 is 11.9 Å². The number of rotatable bonds is 7. The van der Waals surface area contributed by atoms with Crippen molar-refractivity contribution in [3.05, 3.63) is 70.8 Å². The van der Waals surface area contributed by atoms with Crippen LogP contribution in [0.1, 0.15) is 60.3 Å². The van der Waals surface area contributed by atoms with Gasteiger partial charge in [0.1, 0.15) is 0 Å². The molecule has 0 aliphatic carbocycles. The number of aliphatic carboxylic acids is 1. The molecule has 0 fully saturated rings. The lowest BCUT2D eigenvalue weighted by molar-refractivity contribution is -0.137. The summed E-state index contributed by atoms with van der Waals surface area (Å²) in [5.41, 5.74) is 3.29. The zero-order valence-corrected chi connectivity index (χ0v) is 16.3. The van der Waals surface area contributed by atoms with Crippen LogP contribution in [0, 0.1) is 0 Å². The number of carbonyl (C=O) groups is 2. The molecule has 0 aliphatic rings. The highest BCUT2D eigenvalue weighted by Crippen LogP contribution is 2.25. The van der Waals surface area contributed by atoms with E-state index >= 15 is 0 Å². The average Bonchev–Trinajstić information content (AvgIpc) is 2.60. The predicted octanol–water partition coefficient (Wildman–Crippen LogP) is 4.08. The van der Waals surface area contributed by atoms with Crippen molar-refractivity contribution in [1.82, 2.24) is 5.32 Å². The van der Waals surface area contributed by atoms with Crippen LogP contribution in [-0.4, -0.2) is 24.1 Å². The van der Waals surface area contributed by atoms with Gasteiger partial charge in [0.05, 0.1) is 19.1 Å². The first kappa shape index (κ1) is 20.6. The third kappa shape index (κ3) is 5.93. The molecule has 2 aromatic rings. The van der Waals surface area contributed by atoms with E-state index in [9.17, 15) is 14.7 Å². The Morgan fingerprint density at radius 1 is 1.11 bits per heavy atom. The minimum absolute atomic E-state index is 0.00581. The molecule has 0 aliphatic heterocycles. The second-order valence-corrected chi connectivity index (χ2v) is 7.63. The third-order valence-electron chi connectivity index (χ3n) is 4.36. The fourth-order valence-electron chi connectivity index (χ4n) is 2.85. The van der Waals surface area contributed by atoms with Crippen molar-refractivity contribution < 1.29 is 19.4 Å². The molecule has 2 N–H and O–H groups in total. The molecular weight excluding hydrogens is 342 g/mol. The van der Waals surface area contributed by atoms with E-state index in [0.717, 1.165) is 16.7 Å². The van der Waals surface area contributed by atoms with E-state index in [2.05, 4.69) is 26.1 Å². The number of carboxylic acids is 1. The largest absolute Gasteiger partial charge is 0.481 e. The average molecular weight is 369 g/mol. The van der Waals surface area contributed by atoms with E-state index in [1.165, 1.54) is 0 Å². The number of carboxylic acid groups (broad SMARTS) is 1. The predicted molar refractivity (Wildman–Crippen MR) is 105 cm³/mol. The van der Waals surface area contributed by atoms with Crippen LogP contribution in [-0.2, 0) is 21.6 Å². The van der Waals surface area contributed by atoms with Gasteiger partial charge in [-0.3, -0.25) is 9.59 Å². The SMILES string of the molecule is COCc1cccc(C(=O)NC(CC(=O)O)c2ccc(C(C)(C)C)cc2)c1. The number of nitrogens with one attached hydrogen (secondary N) is 1. The normalized spacial score (nSPS) is 12.4. The zero-order valence-electron chi connectivity index (χ0n) is 16.3. The lowest BCUT2D eigenvalue weighted by atomic mass is 9.86. The lowest BCUT2D eigenvalue weighted by Crippen LogP contribution is -2.30. The van der Waals surface area contributed by atoms with Gasteiger partial charge >= 0.3 is 5.97 Å². The highest BCUT2D eigenvalue weighted by atomic mass is 16.5. The molecule has 0 heterocycles. The van der Waals surface area contributed by atoms with Crippen molar-refractivity contribution in [2.75, 3.05) is 7.11 Å². The highest BCUT2D eigenvalue weighted by Gasteiger charge is 2.20. The molecule has 2 aromatic carbocycles. The fourth-order valence-corrected chi connectivity index (χ4v) is 2.85. The molecule has 0 saturated carbocycles. The van der Waals surface area contributed by atoms with Crippen LogP contribution in [0.25, 0.3) is 0 Å². The summed E-state index contributed by atoms with van der Waals surface area (Å²) in [7, 11) is 1.59. The number of benzene rings is 2. The molecule has 27 heavy (non-hydrogen) atoms. The van der Waals surface area contributed by atoms with E-state index in [1.54, 1.807) is 25.3 Å². The number of ether oxygens (including phenoxy) is 1. The van der Waals surface area contributed by atoms with Gasteiger partial charge in [-0.15, -0.1) is 0 Å². The Bertz CT molecular complexity index is 791. The van der Waals surface area contributed by atoms with E-state index < -0.39 is 12.0 Å². The molecule has 1 atom stereocenters. The van der Waals surface area contributed by atoms with Gasteiger partial charge in [-0.1, -0.05) is 57.2 Å². The first-order valence-corrected chi connectivity index (χ1v) is 8.91. The summed E-state index contributed by atoms with van der Waals surface area (Å²) in [5.74, 6) is -1.27. The number of hydrogen-bond donors (Lipinski definition) is 2. The fraction of sp³-hybridized carbons (Fsp3) is 0.364. The van der Waals surface area contributed by atoms with E-state index in [-0.39, 0.29) is 17.7 Å². The van der Waals surface area contributed by atoms with Crippen molar-refractivity contribution in [2.24, 2.45) is 0 Å². The molecule has 0 saturated heterocycles. The van der Waals surface area contributed by atoms with Crippen LogP contribution in [0.2, 0.25) is 0 Å². The van der Waals surface area contributed by atoms with E-state index in [1.807, 2.05) is 30.3 Å². The Labute approximate surface area is 160 Å². The summed E-state index contributed by atoms with van der Waals surface area (Å²) in [4.78, 5) is 23.9. The summed E-state index contributed by atoms with van der Waals surface area (Å²) in [5, 5.41) is 12.1. The first-order valence-electron chi connectivity index (χ1n) is 8.91. The molecule has 2 rings (SSSR count). The summed E-state index contributed by atoms with van der Waals surface area (Å²) >= 11 is 0. The Kier molecular flexibility index (Phi) is 6.75. The zero-order chi connectivity index (χ0) is 20.0. The Balaban J connectivity index is 2.22. The van der Waals surface area contributed by atoms with Gasteiger partial charge in [-0.05, 0) is 34.2 Å². The molecule has 5 heteroatoms. The van der Waals surface area contributed by atoms with Crippen molar-refractivity contribution in [1.29, 1.82) is 0 Å². The Hall–Kier alpha value is -2.66. The molecule has 0 radical (unpaired) electrons. The maximum atomic E-state index is 12.6. The van der Waals surface area contributed by atoms with Crippen molar-refractivity contribution in [2.45, 2.75) is 45.3 Å². The molecule has 1 amide bonds. The Morgan fingerprint density at radius 2 is 1.78 bits per heavy atom. The van der Waals surface area contributed by atoms with Gasteiger partial charge in [0.25, 0.3) is 5.91 Å². The quantitative estimate of drug-likeness (QED) is 0.771. The summed E-state index contributed by atoms with van der Waals surface area (Å²) in [6.45, 7) is 6.76.